The van der Waals surface area contributed by atoms with E-state index in [0.29, 0.717) is 12.2 Å². The quantitative estimate of drug-likeness (QED) is 0.671. The summed E-state index contributed by atoms with van der Waals surface area (Å²) in [5.74, 6) is 0.316. The average molecular weight is 444 g/mol. The molecule has 172 valence electrons. The van der Waals surface area contributed by atoms with E-state index in [-0.39, 0.29) is 5.41 Å². The lowest BCUT2D eigenvalue weighted by Gasteiger charge is -2.38. The van der Waals surface area contributed by atoms with Gasteiger partial charge in [-0.2, -0.15) is 0 Å². The summed E-state index contributed by atoms with van der Waals surface area (Å²) in [5, 5.41) is 1.17. The number of likely N-dealkylation sites (N-methyl/N-ethyl adjacent to an activating group) is 1. The first kappa shape index (κ1) is 21.0. The fourth-order valence-electron chi connectivity index (χ4n) is 6.02. The molecule has 1 aliphatic carbocycles. The van der Waals surface area contributed by atoms with Gasteiger partial charge >= 0.3 is 0 Å². The van der Waals surface area contributed by atoms with Gasteiger partial charge in [-0.15, -0.1) is 0 Å². The largest absolute Gasteiger partial charge is 0.346 e. The summed E-state index contributed by atoms with van der Waals surface area (Å²) in [6.45, 7) is 7.51. The summed E-state index contributed by atoms with van der Waals surface area (Å²) in [6.07, 6.45) is 6.89. The molecule has 2 aromatic heterocycles. The van der Waals surface area contributed by atoms with Gasteiger partial charge in [0.25, 0.3) is 0 Å². The van der Waals surface area contributed by atoms with E-state index < -0.39 is 0 Å². The van der Waals surface area contributed by atoms with Crippen LogP contribution in [0.15, 0.2) is 36.7 Å². The van der Waals surface area contributed by atoms with Gasteiger partial charge in [0.15, 0.2) is 5.78 Å². The van der Waals surface area contributed by atoms with Gasteiger partial charge in [0.1, 0.15) is 5.65 Å². The number of hydrogen-bond acceptors (Lipinski definition) is 5. The molecule has 1 aromatic carbocycles. The second kappa shape index (κ2) is 8.05. The van der Waals surface area contributed by atoms with E-state index >= 15 is 0 Å². The molecule has 0 saturated carbocycles. The minimum atomic E-state index is 0.0197. The Bertz CT molecular complexity index is 1200. The average Bonchev–Trinajstić information content (AvgIpc) is 3.36. The van der Waals surface area contributed by atoms with E-state index in [2.05, 4.69) is 64.2 Å². The highest BCUT2D eigenvalue weighted by Gasteiger charge is 2.44. The maximum atomic E-state index is 12.8. The molecular formula is C27H33N5O. The molecule has 33 heavy (non-hydrogen) atoms. The smallest absolute Gasteiger partial charge is 0.164 e. The number of aromatic amines is 1. The van der Waals surface area contributed by atoms with E-state index in [4.69, 9.17) is 4.98 Å². The third-order valence-corrected chi connectivity index (χ3v) is 8.24. The fraction of sp³-hybridized carbons (Fsp3) is 0.481. The van der Waals surface area contributed by atoms with Gasteiger partial charge in [0.05, 0.1) is 0 Å². The van der Waals surface area contributed by atoms with Crippen molar-refractivity contribution < 1.29 is 4.79 Å². The van der Waals surface area contributed by atoms with Gasteiger partial charge in [-0.25, -0.2) is 4.98 Å². The number of piperazine rings is 1. The van der Waals surface area contributed by atoms with Crippen LogP contribution in [0.4, 0.5) is 0 Å². The number of carbonyl (C=O) groups excluding carboxylic acids is 1. The number of likely N-dealkylation sites (tertiary alicyclic amines) is 1. The lowest BCUT2D eigenvalue weighted by molar-refractivity contribution is 0.0945. The van der Waals surface area contributed by atoms with Crippen LogP contribution in [-0.2, 0) is 12.0 Å². The van der Waals surface area contributed by atoms with E-state index in [9.17, 15) is 4.79 Å². The predicted octanol–water partition coefficient (Wildman–Crippen LogP) is 3.53. The normalized spacial score (nSPS) is 21.8. The van der Waals surface area contributed by atoms with Crippen molar-refractivity contribution in [2.24, 2.45) is 0 Å². The number of rotatable bonds is 3. The number of hydrogen-bond donors (Lipinski definition) is 1. The first-order valence-corrected chi connectivity index (χ1v) is 12.2. The van der Waals surface area contributed by atoms with E-state index in [1.165, 1.54) is 27.6 Å². The standard InChI is InChI=1S/C27H33N5O/c1-30-7-5-27(6-8-30)15-25(33)21-4-3-20(14-24(21)27)23-17-29-26-22(23)13-19(16-28-26)18-32-11-9-31(2)10-12-32/h3-4,13-14,16-17H,5-12,15,18H2,1-2H3,(H,28,29). The lowest BCUT2D eigenvalue weighted by Crippen LogP contribution is -2.43. The molecule has 3 aromatic rings. The summed E-state index contributed by atoms with van der Waals surface area (Å²) in [5.41, 5.74) is 6.79. The van der Waals surface area contributed by atoms with Gasteiger partial charge in [-0.3, -0.25) is 9.69 Å². The van der Waals surface area contributed by atoms with Crippen LogP contribution in [0.5, 0.6) is 0 Å². The fourth-order valence-corrected chi connectivity index (χ4v) is 6.02. The van der Waals surface area contributed by atoms with E-state index in [1.807, 2.05) is 6.20 Å². The lowest BCUT2D eigenvalue weighted by atomic mass is 9.73. The van der Waals surface area contributed by atoms with Crippen molar-refractivity contribution >= 4 is 16.8 Å². The zero-order chi connectivity index (χ0) is 22.6. The molecule has 0 amide bonds. The summed E-state index contributed by atoms with van der Waals surface area (Å²) in [6, 6.07) is 8.80. The van der Waals surface area contributed by atoms with Gasteiger partial charge in [-0.05, 0) is 68.8 Å². The van der Waals surface area contributed by atoms with Crippen LogP contribution < -0.4 is 0 Å². The second-order valence-corrected chi connectivity index (χ2v) is 10.5. The first-order valence-electron chi connectivity index (χ1n) is 12.2. The third kappa shape index (κ3) is 3.70. The van der Waals surface area contributed by atoms with Crippen LogP contribution in [0.1, 0.15) is 40.7 Å². The van der Waals surface area contributed by atoms with Crippen molar-refractivity contribution in [2.75, 3.05) is 53.4 Å². The van der Waals surface area contributed by atoms with Crippen LogP contribution in [-0.4, -0.2) is 83.8 Å². The maximum absolute atomic E-state index is 12.8. The van der Waals surface area contributed by atoms with Crippen molar-refractivity contribution in [1.82, 2.24) is 24.7 Å². The topological polar surface area (TPSA) is 55.5 Å². The number of ketones is 1. The number of carbonyl (C=O) groups is 1. The van der Waals surface area contributed by atoms with Crippen LogP contribution in [0.25, 0.3) is 22.2 Å². The van der Waals surface area contributed by atoms with Crippen LogP contribution in [0, 0.1) is 0 Å². The Hall–Kier alpha value is -2.54. The Balaban J connectivity index is 1.34. The number of H-pyrrole nitrogens is 1. The monoisotopic (exact) mass is 443 g/mol. The molecule has 2 saturated heterocycles. The molecule has 3 aliphatic rings. The van der Waals surface area contributed by atoms with Crippen LogP contribution in [0.2, 0.25) is 0 Å². The zero-order valence-corrected chi connectivity index (χ0v) is 19.7. The summed E-state index contributed by atoms with van der Waals surface area (Å²) in [4.78, 5) is 28.2. The number of nitrogens with zero attached hydrogens (tertiary/aromatic N) is 4. The molecule has 6 rings (SSSR count). The van der Waals surface area contributed by atoms with Crippen LogP contribution in [0.3, 0.4) is 0 Å². The highest BCUT2D eigenvalue weighted by atomic mass is 16.1. The Morgan fingerprint density at radius 3 is 2.52 bits per heavy atom. The third-order valence-electron chi connectivity index (χ3n) is 8.24. The number of benzene rings is 1. The highest BCUT2D eigenvalue weighted by molar-refractivity contribution is 6.03. The molecular weight excluding hydrogens is 410 g/mol. The van der Waals surface area contributed by atoms with Gasteiger partial charge in [0, 0.05) is 73.5 Å². The van der Waals surface area contributed by atoms with Crippen molar-refractivity contribution in [3.8, 4) is 11.1 Å². The molecule has 1 spiro atoms. The number of pyridine rings is 1. The molecule has 2 fully saturated rings. The number of fused-ring (bicyclic) bond motifs is 3. The molecule has 0 bridgehead atoms. The number of Topliss-reactive ketones (excluding diaryl/α,β-unsaturated/α-hetero) is 1. The van der Waals surface area contributed by atoms with E-state index in [0.717, 1.165) is 69.9 Å². The van der Waals surface area contributed by atoms with Crippen molar-refractivity contribution in [2.45, 2.75) is 31.2 Å². The Morgan fingerprint density at radius 2 is 1.73 bits per heavy atom. The SMILES string of the molecule is CN1CCN(Cc2cnc3[nH]cc(-c4ccc5c(c4)C4(CCN(C)CC4)CC5=O)c3c2)CC1. The summed E-state index contributed by atoms with van der Waals surface area (Å²) < 4.78 is 0. The predicted molar refractivity (Wildman–Crippen MR) is 132 cm³/mol. The number of nitrogens with one attached hydrogen (secondary N) is 1. The Morgan fingerprint density at radius 1 is 0.970 bits per heavy atom. The molecule has 6 heteroatoms. The van der Waals surface area contributed by atoms with Gasteiger partial charge in [-0.1, -0.05) is 12.1 Å². The van der Waals surface area contributed by atoms with Gasteiger partial charge < -0.3 is 14.8 Å². The molecule has 6 nitrogen and oxygen atoms in total. The molecule has 0 atom stereocenters. The molecule has 0 unspecified atom stereocenters. The van der Waals surface area contributed by atoms with E-state index in [1.54, 1.807) is 0 Å². The molecule has 0 radical (unpaired) electrons. The van der Waals surface area contributed by atoms with Crippen molar-refractivity contribution in [3.63, 3.8) is 0 Å². The molecule has 1 N–H and O–H groups in total. The molecule has 2 aliphatic heterocycles. The van der Waals surface area contributed by atoms with Crippen molar-refractivity contribution in [1.29, 1.82) is 0 Å². The highest BCUT2D eigenvalue weighted by Crippen LogP contribution is 2.47. The Labute approximate surface area is 195 Å². The zero-order valence-electron chi connectivity index (χ0n) is 19.7. The summed E-state index contributed by atoms with van der Waals surface area (Å²) >= 11 is 0. The second-order valence-electron chi connectivity index (χ2n) is 10.5. The van der Waals surface area contributed by atoms with Gasteiger partial charge in [0.2, 0.25) is 0 Å². The minimum Gasteiger partial charge on any atom is -0.346 e. The van der Waals surface area contributed by atoms with Crippen molar-refractivity contribution in [3.05, 3.63) is 53.3 Å². The maximum Gasteiger partial charge on any atom is 0.164 e. The first-order chi connectivity index (χ1) is 16.0. The number of aromatic nitrogens is 2. The van der Waals surface area contributed by atoms with Crippen LogP contribution >= 0.6 is 0 Å². The molecule has 4 heterocycles. The number of piperidine rings is 1. The minimum absolute atomic E-state index is 0.0197. The summed E-state index contributed by atoms with van der Waals surface area (Å²) in [7, 11) is 4.37. The Kier molecular flexibility index (Phi) is 5.13.